The normalized spacial score (nSPS) is 28.4. The van der Waals surface area contributed by atoms with Crippen molar-refractivity contribution in [2.45, 2.75) is 38.4 Å². The van der Waals surface area contributed by atoms with Gasteiger partial charge >= 0.3 is 11.9 Å². The Morgan fingerprint density at radius 1 is 0.727 bits per heavy atom. The standard InChI is InChI=1S/C29H26O4/c1-16-7-5-10-19(13-16)28(30)32-26-24-22-15-18-9-3-4-12-21(18)23(22)25(24)27(26)33-29(31)20-11-6-8-17(2)14-20/h3-14,22-27H,15H2,1-2H3/t22?,23?,24?,25?,26?,27-/m0/s1. The molecule has 0 amide bonds. The van der Waals surface area contributed by atoms with Gasteiger partial charge in [0.2, 0.25) is 0 Å². The van der Waals surface area contributed by atoms with E-state index in [1.165, 1.54) is 11.1 Å². The van der Waals surface area contributed by atoms with E-state index in [0.29, 0.717) is 23.0 Å². The van der Waals surface area contributed by atoms with Gasteiger partial charge in [0.1, 0.15) is 12.2 Å². The van der Waals surface area contributed by atoms with Gasteiger partial charge in [-0.15, -0.1) is 0 Å². The molecule has 0 radical (unpaired) electrons. The number of carbonyl (C=O) groups excluding carboxylic acids is 2. The van der Waals surface area contributed by atoms with Crippen molar-refractivity contribution in [1.29, 1.82) is 0 Å². The van der Waals surface area contributed by atoms with Crippen LogP contribution < -0.4 is 0 Å². The van der Waals surface area contributed by atoms with Gasteiger partial charge in [-0.25, -0.2) is 9.59 Å². The third-order valence-corrected chi connectivity index (χ3v) is 7.76. The summed E-state index contributed by atoms with van der Waals surface area (Å²) in [5.74, 6) is 0.535. The zero-order chi connectivity index (χ0) is 22.7. The summed E-state index contributed by atoms with van der Waals surface area (Å²) < 4.78 is 12.1. The molecule has 6 rings (SSSR count). The lowest BCUT2D eigenvalue weighted by atomic mass is 9.44. The second-order valence-corrected chi connectivity index (χ2v) is 9.73. The summed E-state index contributed by atoms with van der Waals surface area (Å²) in [6, 6.07) is 23.4. The van der Waals surface area contributed by atoms with Crippen LogP contribution in [0.15, 0.2) is 72.8 Å². The van der Waals surface area contributed by atoms with Crippen LogP contribution in [0.5, 0.6) is 0 Å². The molecule has 6 atom stereocenters. The van der Waals surface area contributed by atoms with E-state index in [1.54, 1.807) is 12.1 Å². The summed E-state index contributed by atoms with van der Waals surface area (Å²) in [5, 5.41) is 0. The number of benzene rings is 3. The topological polar surface area (TPSA) is 52.6 Å². The van der Waals surface area contributed by atoms with Crippen molar-refractivity contribution in [1.82, 2.24) is 0 Å². The van der Waals surface area contributed by atoms with Gasteiger partial charge in [0.25, 0.3) is 0 Å². The lowest BCUT2D eigenvalue weighted by Gasteiger charge is -2.64. The average molecular weight is 439 g/mol. The fraction of sp³-hybridized carbons (Fsp3) is 0.310. The molecule has 0 saturated heterocycles. The van der Waals surface area contributed by atoms with Gasteiger partial charge in [0.05, 0.1) is 11.1 Å². The minimum absolute atomic E-state index is 0.197. The van der Waals surface area contributed by atoms with Crippen LogP contribution >= 0.6 is 0 Å². The molecule has 0 bridgehead atoms. The quantitative estimate of drug-likeness (QED) is 0.521. The second kappa shape index (κ2) is 7.58. The van der Waals surface area contributed by atoms with E-state index in [4.69, 9.17) is 9.47 Å². The average Bonchev–Trinajstić information content (AvgIpc) is 3.11. The molecule has 4 nitrogen and oxygen atoms in total. The summed E-state index contributed by atoms with van der Waals surface area (Å²) in [5.41, 5.74) is 5.82. The Labute approximate surface area is 193 Å². The highest BCUT2D eigenvalue weighted by molar-refractivity contribution is 5.91. The molecule has 3 aromatic carbocycles. The highest BCUT2D eigenvalue weighted by Crippen LogP contribution is 2.68. The monoisotopic (exact) mass is 438 g/mol. The van der Waals surface area contributed by atoms with Gasteiger partial charge in [0, 0.05) is 11.8 Å². The first-order valence-corrected chi connectivity index (χ1v) is 11.6. The smallest absolute Gasteiger partial charge is 0.338 e. The summed E-state index contributed by atoms with van der Waals surface area (Å²) in [4.78, 5) is 26.0. The predicted molar refractivity (Wildman–Crippen MR) is 124 cm³/mol. The van der Waals surface area contributed by atoms with E-state index in [9.17, 15) is 9.59 Å². The van der Waals surface area contributed by atoms with E-state index in [-0.39, 0.29) is 23.8 Å². The molecule has 2 saturated carbocycles. The molecule has 2 fully saturated rings. The first kappa shape index (κ1) is 20.2. The van der Waals surface area contributed by atoms with Crippen molar-refractivity contribution in [2.75, 3.05) is 0 Å². The zero-order valence-corrected chi connectivity index (χ0v) is 18.7. The maximum atomic E-state index is 13.0. The number of esters is 2. The Bertz CT molecular complexity index is 1260. The van der Waals surface area contributed by atoms with Gasteiger partial charge in [-0.2, -0.15) is 0 Å². The lowest BCUT2D eigenvalue weighted by Crippen LogP contribution is -2.70. The first-order valence-electron chi connectivity index (χ1n) is 11.6. The minimum Gasteiger partial charge on any atom is -0.454 e. The van der Waals surface area contributed by atoms with Gasteiger partial charge in [-0.05, 0) is 67.5 Å². The van der Waals surface area contributed by atoms with E-state index in [2.05, 4.69) is 24.3 Å². The van der Waals surface area contributed by atoms with Crippen molar-refractivity contribution in [3.05, 3.63) is 106 Å². The van der Waals surface area contributed by atoms with E-state index < -0.39 is 12.2 Å². The SMILES string of the molecule is Cc1cccc(C(=O)OC2C3C4Cc5ccccc5C4C3[C@@H]2OC(=O)c2cccc(C)c2)c1. The third kappa shape index (κ3) is 3.19. The van der Waals surface area contributed by atoms with Crippen LogP contribution in [0, 0.1) is 31.6 Å². The third-order valence-electron chi connectivity index (χ3n) is 7.76. The Balaban J connectivity index is 1.27. The maximum absolute atomic E-state index is 13.0. The Morgan fingerprint density at radius 2 is 1.30 bits per heavy atom. The molecule has 33 heavy (non-hydrogen) atoms. The number of aryl methyl sites for hydroxylation is 2. The number of rotatable bonds is 4. The van der Waals surface area contributed by atoms with E-state index >= 15 is 0 Å². The number of hydrogen-bond acceptors (Lipinski definition) is 4. The van der Waals surface area contributed by atoms with E-state index in [0.717, 1.165) is 17.5 Å². The van der Waals surface area contributed by atoms with Crippen molar-refractivity contribution >= 4 is 11.9 Å². The number of carbonyl (C=O) groups is 2. The highest BCUT2D eigenvalue weighted by atomic mass is 16.6. The Kier molecular flexibility index (Phi) is 4.65. The van der Waals surface area contributed by atoms with Gasteiger partial charge in [-0.3, -0.25) is 0 Å². The Hall–Kier alpha value is -3.40. The van der Waals surface area contributed by atoms with Crippen LogP contribution in [0.2, 0.25) is 0 Å². The number of ether oxygens (including phenoxy) is 2. The van der Waals surface area contributed by atoms with Crippen molar-refractivity contribution < 1.29 is 19.1 Å². The van der Waals surface area contributed by atoms with Gasteiger partial charge in [-0.1, -0.05) is 59.7 Å². The van der Waals surface area contributed by atoms with Crippen molar-refractivity contribution in [3.8, 4) is 0 Å². The molecule has 0 heterocycles. The highest BCUT2D eigenvalue weighted by Gasteiger charge is 2.71. The van der Waals surface area contributed by atoms with Crippen LogP contribution in [-0.4, -0.2) is 24.1 Å². The molecule has 3 aromatic rings. The largest absolute Gasteiger partial charge is 0.454 e. The summed E-state index contributed by atoms with van der Waals surface area (Å²) >= 11 is 0. The predicted octanol–water partition coefficient (Wildman–Crippen LogP) is 5.27. The molecule has 0 aliphatic heterocycles. The first-order chi connectivity index (χ1) is 16.0. The fourth-order valence-corrected chi connectivity index (χ4v) is 6.30. The molecule has 0 aromatic heterocycles. The summed E-state index contributed by atoms with van der Waals surface area (Å²) in [7, 11) is 0. The molecule has 0 N–H and O–H groups in total. The number of fused-ring (bicyclic) bond motifs is 6. The zero-order valence-electron chi connectivity index (χ0n) is 18.7. The Morgan fingerprint density at radius 3 is 1.91 bits per heavy atom. The minimum atomic E-state index is -0.427. The molecule has 3 aliphatic rings. The molecule has 166 valence electrons. The maximum Gasteiger partial charge on any atom is 0.338 e. The fourth-order valence-electron chi connectivity index (χ4n) is 6.30. The van der Waals surface area contributed by atoms with Crippen molar-refractivity contribution in [3.63, 3.8) is 0 Å². The molecule has 0 spiro atoms. The molecule has 4 heteroatoms. The van der Waals surface area contributed by atoms with Crippen molar-refractivity contribution in [2.24, 2.45) is 17.8 Å². The molecular weight excluding hydrogens is 412 g/mol. The summed E-state index contributed by atoms with van der Waals surface area (Å²) in [6.07, 6.45) is 0.162. The second-order valence-electron chi connectivity index (χ2n) is 9.73. The molecule has 3 aliphatic carbocycles. The lowest BCUT2D eigenvalue weighted by molar-refractivity contribution is -0.239. The number of hydrogen-bond donors (Lipinski definition) is 0. The molecular formula is C29H26O4. The summed E-state index contributed by atoms with van der Waals surface area (Å²) in [6.45, 7) is 3.91. The van der Waals surface area contributed by atoms with Crippen LogP contribution in [0.4, 0.5) is 0 Å². The van der Waals surface area contributed by atoms with Gasteiger partial charge in [0.15, 0.2) is 0 Å². The van der Waals surface area contributed by atoms with Gasteiger partial charge < -0.3 is 9.47 Å². The van der Waals surface area contributed by atoms with Crippen LogP contribution in [-0.2, 0) is 15.9 Å². The van der Waals surface area contributed by atoms with E-state index in [1.807, 2.05) is 50.2 Å². The molecule has 5 unspecified atom stereocenters. The van der Waals surface area contributed by atoms with Crippen LogP contribution in [0.25, 0.3) is 0 Å². The van der Waals surface area contributed by atoms with Crippen LogP contribution in [0.3, 0.4) is 0 Å². The van der Waals surface area contributed by atoms with Crippen LogP contribution in [0.1, 0.15) is 48.9 Å².